The molecule has 0 saturated heterocycles. The van der Waals surface area contributed by atoms with Crippen molar-refractivity contribution in [3.63, 3.8) is 0 Å². The molecule has 2 aromatic rings. The van der Waals surface area contributed by atoms with E-state index in [4.69, 9.17) is 5.73 Å². The van der Waals surface area contributed by atoms with Gasteiger partial charge in [0.1, 0.15) is 0 Å². The lowest BCUT2D eigenvalue weighted by molar-refractivity contribution is 0.412. The molecule has 0 unspecified atom stereocenters. The molecule has 0 amide bonds. The zero-order valence-corrected chi connectivity index (χ0v) is 9.14. The van der Waals surface area contributed by atoms with Gasteiger partial charge < -0.3 is 15.0 Å². The van der Waals surface area contributed by atoms with Gasteiger partial charge in [-0.2, -0.15) is 0 Å². The maximum atomic E-state index is 5.83. The normalized spacial score (nSPS) is 11.4. The Balaban J connectivity index is 2.27. The van der Waals surface area contributed by atoms with Gasteiger partial charge >= 0.3 is 0 Å². The topological polar surface area (TPSA) is 46.6 Å². The summed E-state index contributed by atoms with van der Waals surface area (Å²) in [6, 6.07) is 3.80. The number of hydrogen-bond acceptors (Lipinski definition) is 3. The first-order valence-corrected chi connectivity index (χ1v) is 5.03. The third-order valence-corrected chi connectivity index (χ3v) is 2.38. The van der Waals surface area contributed by atoms with Crippen molar-refractivity contribution < 1.29 is 0 Å². The SMILES string of the molecule is CN(C)CCc1cn2cccc(N)c2n1. The van der Waals surface area contributed by atoms with Crippen LogP contribution in [0.1, 0.15) is 5.69 Å². The summed E-state index contributed by atoms with van der Waals surface area (Å²) >= 11 is 0. The maximum Gasteiger partial charge on any atom is 0.160 e. The van der Waals surface area contributed by atoms with Gasteiger partial charge in [-0.1, -0.05) is 0 Å². The van der Waals surface area contributed by atoms with Gasteiger partial charge in [0.2, 0.25) is 0 Å². The molecule has 0 aliphatic heterocycles. The first-order valence-electron chi connectivity index (χ1n) is 5.03. The van der Waals surface area contributed by atoms with Crippen molar-refractivity contribution >= 4 is 11.3 Å². The van der Waals surface area contributed by atoms with Crippen molar-refractivity contribution in [2.75, 3.05) is 26.4 Å². The number of aromatic nitrogens is 2. The predicted octanol–water partition coefficient (Wildman–Crippen LogP) is 1.02. The average Bonchev–Trinajstić information content (AvgIpc) is 2.59. The number of nitrogens with zero attached hydrogens (tertiary/aromatic N) is 3. The second-order valence-electron chi connectivity index (χ2n) is 3.98. The van der Waals surface area contributed by atoms with Crippen LogP contribution in [0.3, 0.4) is 0 Å². The van der Waals surface area contributed by atoms with Gasteiger partial charge in [-0.3, -0.25) is 0 Å². The smallest absolute Gasteiger partial charge is 0.160 e. The molecule has 0 aromatic carbocycles. The Kier molecular flexibility index (Phi) is 2.60. The van der Waals surface area contributed by atoms with E-state index in [0.29, 0.717) is 0 Å². The summed E-state index contributed by atoms with van der Waals surface area (Å²) in [4.78, 5) is 6.64. The van der Waals surface area contributed by atoms with Crippen molar-refractivity contribution in [3.05, 3.63) is 30.2 Å². The van der Waals surface area contributed by atoms with Gasteiger partial charge in [0.05, 0.1) is 11.4 Å². The Hall–Kier alpha value is -1.55. The highest BCUT2D eigenvalue weighted by Crippen LogP contribution is 2.12. The lowest BCUT2D eigenvalue weighted by atomic mass is 10.3. The van der Waals surface area contributed by atoms with E-state index in [1.807, 2.05) is 28.9 Å². The molecule has 0 aliphatic carbocycles. The van der Waals surface area contributed by atoms with Gasteiger partial charge in [0.15, 0.2) is 5.65 Å². The number of likely N-dealkylation sites (N-methyl/N-ethyl adjacent to an activating group) is 1. The number of nitrogens with two attached hydrogens (primary N) is 1. The van der Waals surface area contributed by atoms with E-state index < -0.39 is 0 Å². The van der Waals surface area contributed by atoms with Crippen LogP contribution in [0.15, 0.2) is 24.5 Å². The number of pyridine rings is 1. The van der Waals surface area contributed by atoms with E-state index in [-0.39, 0.29) is 0 Å². The second-order valence-corrected chi connectivity index (χ2v) is 3.98. The molecule has 2 rings (SSSR count). The van der Waals surface area contributed by atoms with Crippen LogP contribution in [0, 0.1) is 0 Å². The van der Waals surface area contributed by atoms with E-state index in [0.717, 1.165) is 30.0 Å². The summed E-state index contributed by atoms with van der Waals surface area (Å²) < 4.78 is 1.97. The van der Waals surface area contributed by atoms with Crippen LogP contribution in [0.4, 0.5) is 5.69 Å². The zero-order chi connectivity index (χ0) is 10.8. The number of fused-ring (bicyclic) bond motifs is 1. The van der Waals surface area contributed by atoms with E-state index in [2.05, 4.69) is 24.0 Å². The van der Waals surface area contributed by atoms with Gasteiger partial charge in [-0.05, 0) is 26.2 Å². The highest BCUT2D eigenvalue weighted by molar-refractivity contribution is 5.64. The Bertz CT molecular complexity index is 459. The Morgan fingerprint density at radius 1 is 1.47 bits per heavy atom. The fourth-order valence-electron chi connectivity index (χ4n) is 1.54. The lowest BCUT2D eigenvalue weighted by Gasteiger charge is -2.06. The predicted molar refractivity (Wildman–Crippen MR) is 61.9 cm³/mol. The van der Waals surface area contributed by atoms with Gasteiger partial charge in [-0.15, -0.1) is 0 Å². The molecular formula is C11H16N4. The molecule has 0 bridgehead atoms. The Labute approximate surface area is 89.3 Å². The second kappa shape index (κ2) is 3.90. The molecule has 4 heteroatoms. The van der Waals surface area contributed by atoms with E-state index in [1.165, 1.54) is 0 Å². The van der Waals surface area contributed by atoms with Gasteiger partial charge in [-0.25, -0.2) is 4.98 Å². The Morgan fingerprint density at radius 3 is 2.93 bits per heavy atom. The van der Waals surface area contributed by atoms with Crippen molar-refractivity contribution in [1.29, 1.82) is 0 Å². The molecule has 80 valence electrons. The summed E-state index contributed by atoms with van der Waals surface area (Å²) in [5.41, 5.74) is 8.50. The quantitative estimate of drug-likeness (QED) is 0.812. The van der Waals surface area contributed by atoms with Crippen molar-refractivity contribution in [1.82, 2.24) is 14.3 Å². The number of nitrogen functional groups attached to an aromatic ring is 1. The maximum absolute atomic E-state index is 5.83. The fourth-order valence-corrected chi connectivity index (χ4v) is 1.54. The number of hydrogen-bond donors (Lipinski definition) is 1. The van der Waals surface area contributed by atoms with Crippen molar-refractivity contribution in [2.45, 2.75) is 6.42 Å². The monoisotopic (exact) mass is 204 g/mol. The lowest BCUT2D eigenvalue weighted by Crippen LogP contribution is -2.15. The molecule has 0 fully saturated rings. The largest absolute Gasteiger partial charge is 0.396 e. The van der Waals surface area contributed by atoms with Crippen LogP contribution in [-0.4, -0.2) is 34.9 Å². The van der Waals surface area contributed by atoms with Crippen LogP contribution >= 0.6 is 0 Å². The third-order valence-electron chi connectivity index (χ3n) is 2.38. The molecule has 0 atom stereocenters. The molecule has 4 nitrogen and oxygen atoms in total. The minimum atomic E-state index is 0.730. The first-order chi connectivity index (χ1) is 7.16. The molecule has 2 heterocycles. The highest BCUT2D eigenvalue weighted by atomic mass is 15.1. The summed E-state index contributed by atoms with van der Waals surface area (Å²) in [6.07, 6.45) is 4.96. The van der Waals surface area contributed by atoms with Crippen LogP contribution in [0.5, 0.6) is 0 Å². The summed E-state index contributed by atoms with van der Waals surface area (Å²) in [6.45, 7) is 1.00. The van der Waals surface area contributed by atoms with Gasteiger partial charge in [0.25, 0.3) is 0 Å². The number of imidazole rings is 1. The molecule has 2 N–H and O–H groups in total. The standard InChI is InChI=1S/C11H16N4/c1-14(2)7-5-9-8-15-6-3-4-10(12)11(15)13-9/h3-4,6,8H,5,7,12H2,1-2H3. The molecule has 0 spiro atoms. The highest BCUT2D eigenvalue weighted by Gasteiger charge is 2.03. The van der Waals surface area contributed by atoms with Crippen LogP contribution in [0.2, 0.25) is 0 Å². The molecule has 0 aliphatic rings. The van der Waals surface area contributed by atoms with Gasteiger partial charge in [0, 0.05) is 25.4 Å². The van der Waals surface area contributed by atoms with E-state index in [9.17, 15) is 0 Å². The molecular weight excluding hydrogens is 188 g/mol. The molecule has 0 saturated carbocycles. The third kappa shape index (κ3) is 2.10. The molecule has 15 heavy (non-hydrogen) atoms. The molecule has 0 radical (unpaired) electrons. The summed E-state index contributed by atoms with van der Waals surface area (Å²) in [5.74, 6) is 0. The minimum absolute atomic E-state index is 0.730. The average molecular weight is 204 g/mol. The first kappa shape index (κ1) is 9.98. The Morgan fingerprint density at radius 2 is 2.27 bits per heavy atom. The van der Waals surface area contributed by atoms with Crippen LogP contribution in [-0.2, 0) is 6.42 Å². The van der Waals surface area contributed by atoms with Crippen molar-refractivity contribution in [3.8, 4) is 0 Å². The van der Waals surface area contributed by atoms with Crippen molar-refractivity contribution in [2.24, 2.45) is 0 Å². The van der Waals surface area contributed by atoms with Crippen LogP contribution in [0.25, 0.3) is 5.65 Å². The molecule has 2 aromatic heterocycles. The minimum Gasteiger partial charge on any atom is -0.396 e. The van der Waals surface area contributed by atoms with E-state index >= 15 is 0 Å². The fraction of sp³-hybridized carbons (Fsp3) is 0.364. The summed E-state index contributed by atoms with van der Waals surface area (Å²) in [5, 5.41) is 0. The van der Waals surface area contributed by atoms with Crippen LogP contribution < -0.4 is 5.73 Å². The number of anilines is 1. The van der Waals surface area contributed by atoms with E-state index in [1.54, 1.807) is 0 Å². The zero-order valence-electron chi connectivity index (χ0n) is 9.14. The number of rotatable bonds is 3. The summed E-state index contributed by atoms with van der Waals surface area (Å²) in [7, 11) is 4.12.